The van der Waals surface area contributed by atoms with Gasteiger partial charge in [-0.15, -0.1) is 6.42 Å². The molecule has 0 fully saturated rings. The van der Waals surface area contributed by atoms with Gasteiger partial charge in [0.15, 0.2) is 0 Å². The average molecular weight is 155 g/mol. The Balaban J connectivity index is 3.54. The minimum atomic E-state index is -0.874. The molecule has 3 nitrogen and oxygen atoms in total. The fourth-order valence-electron chi connectivity index (χ4n) is 0.744. The van der Waals surface area contributed by atoms with Gasteiger partial charge in [0, 0.05) is 0 Å². The molecule has 0 heterocycles. The van der Waals surface area contributed by atoms with E-state index in [4.69, 9.17) is 11.5 Å². The number of rotatable bonds is 5. The lowest BCUT2D eigenvalue weighted by Gasteiger charge is -2.08. The quantitative estimate of drug-likeness (QED) is 0.567. The number of hydrogen-bond donors (Lipinski definition) is 2. The van der Waals surface area contributed by atoms with Gasteiger partial charge < -0.3 is 5.11 Å². The van der Waals surface area contributed by atoms with Crippen LogP contribution in [-0.2, 0) is 4.79 Å². The molecule has 0 aromatic rings. The van der Waals surface area contributed by atoms with Crippen molar-refractivity contribution < 1.29 is 9.90 Å². The summed E-state index contributed by atoms with van der Waals surface area (Å²) in [6, 6.07) is -0.101. The van der Waals surface area contributed by atoms with Gasteiger partial charge in [0.05, 0.1) is 12.6 Å². The number of carboxylic acids is 1. The third kappa shape index (κ3) is 5.43. The summed E-state index contributed by atoms with van der Waals surface area (Å²) < 4.78 is 0. The Kier molecular flexibility index (Phi) is 5.22. The van der Waals surface area contributed by atoms with E-state index >= 15 is 0 Å². The fraction of sp³-hybridized carbons (Fsp3) is 0.625. The van der Waals surface area contributed by atoms with Gasteiger partial charge in [0.2, 0.25) is 0 Å². The molecule has 0 aromatic carbocycles. The normalized spacial score (nSPS) is 12.0. The van der Waals surface area contributed by atoms with Gasteiger partial charge in [-0.3, -0.25) is 10.1 Å². The maximum atomic E-state index is 10.1. The van der Waals surface area contributed by atoms with E-state index in [9.17, 15) is 4.79 Å². The molecule has 0 amide bonds. The van der Waals surface area contributed by atoms with Crippen LogP contribution in [0.25, 0.3) is 0 Å². The van der Waals surface area contributed by atoms with Crippen molar-refractivity contribution in [3.05, 3.63) is 0 Å². The third-order valence-electron chi connectivity index (χ3n) is 1.28. The molecule has 0 bridgehead atoms. The summed E-state index contributed by atoms with van der Waals surface area (Å²) in [4.78, 5) is 10.1. The number of aliphatic carboxylic acids is 1. The van der Waals surface area contributed by atoms with Crippen molar-refractivity contribution in [1.82, 2.24) is 5.32 Å². The summed E-state index contributed by atoms with van der Waals surface area (Å²) in [7, 11) is 0. The number of carboxylic acid groups (broad SMARTS) is 1. The highest BCUT2D eigenvalue weighted by Gasteiger charge is 2.03. The van der Waals surface area contributed by atoms with E-state index in [0.717, 1.165) is 12.8 Å². The lowest BCUT2D eigenvalue weighted by Crippen LogP contribution is -2.32. The van der Waals surface area contributed by atoms with E-state index < -0.39 is 5.97 Å². The predicted octanol–water partition coefficient (Wildman–Crippen LogP) is 0.463. The van der Waals surface area contributed by atoms with Crippen LogP contribution in [0, 0.1) is 12.3 Å². The lowest BCUT2D eigenvalue weighted by molar-refractivity contribution is -0.136. The molecule has 3 heteroatoms. The largest absolute Gasteiger partial charge is 0.480 e. The highest BCUT2D eigenvalue weighted by Crippen LogP contribution is 1.93. The summed E-state index contributed by atoms with van der Waals surface area (Å²) in [6.45, 7) is 1.95. The Hall–Kier alpha value is -1.01. The van der Waals surface area contributed by atoms with Crippen LogP contribution < -0.4 is 5.32 Å². The van der Waals surface area contributed by atoms with Crippen LogP contribution in [0.5, 0.6) is 0 Å². The maximum Gasteiger partial charge on any atom is 0.317 e. The van der Waals surface area contributed by atoms with Crippen LogP contribution in [0.4, 0.5) is 0 Å². The van der Waals surface area contributed by atoms with E-state index in [-0.39, 0.29) is 12.6 Å². The third-order valence-corrected chi connectivity index (χ3v) is 1.28. The molecular formula is C8H13NO2. The summed E-state index contributed by atoms with van der Waals surface area (Å²) >= 11 is 0. The number of hydrogen-bond acceptors (Lipinski definition) is 2. The van der Waals surface area contributed by atoms with E-state index in [1.54, 1.807) is 0 Å². The second-order valence-electron chi connectivity index (χ2n) is 2.28. The molecule has 0 rings (SSSR count). The monoisotopic (exact) mass is 155 g/mol. The molecule has 0 saturated carbocycles. The minimum absolute atomic E-state index is 0.0606. The Bertz CT molecular complexity index is 160. The van der Waals surface area contributed by atoms with Crippen molar-refractivity contribution in [2.24, 2.45) is 0 Å². The van der Waals surface area contributed by atoms with Crippen molar-refractivity contribution in [3.8, 4) is 12.3 Å². The molecule has 2 N–H and O–H groups in total. The summed E-state index contributed by atoms with van der Waals surface area (Å²) in [5.74, 6) is 1.61. The molecule has 0 spiro atoms. The molecule has 0 aliphatic heterocycles. The smallest absolute Gasteiger partial charge is 0.317 e. The maximum absolute atomic E-state index is 10.1. The average Bonchev–Trinajstić information content (AvgIpc) is 1.97. The van der Waals surface area contributed by atoms with Crippen molar-refractivity contribution in [1.29, 1.82) is 0 Å². The van der Waals surface area contributed by atoms with Gasteiger partial charge in [-0.25, -0.2) is 0 Å². The number of terminal acetylenes is 1. The van der Waals surface area contributed by atoms with Crippen molar-refractivity contribution in [2.75, 3.05) is 6.54 Å². The highest BCUT2D eigenvalue weighted by atomic mass is 16.4. The topological polar surface area (TPSA) is 49.3 Å². The zero-order valence-electron chi connectivity index (χ0n) is 6.63. The molecule has 0 saturated heterocycles. The van der Waals surface area contributed by atoms with E-state index in [1.165, 1.54) is 0 Å². The number of carbonyl (C=O) groups is 1. The molecule has 0 aliphatic carbocycles. The predicted molar refractivity (Wildman–Crippen MR) is 43.2 cm³/mol. The van der Waals surface area contributed by atoms with Crippen LogP contribution in [-0.4, -0.2) is 23.7 Å². The van der Waals surface area contributed by atoms with Crippen molar-refractivity contribution in [2.45, 2.75) is 25.8 Å². The van der Waals surface area contributed by atoms with Gasteiger partial charge in [0.1, 0.15) is 0 Å². The molecule has 11 heavy (non-hydrogen) atoms. The second kappa shape index (κ2) is 5.75. The van der Waals surface area contributed by atoms with Crippen LogP contribution in [0.3, 0.4) is 0 Å². The Morgan fingerprint density at radius 3 is 2.82 bits per heavy atom. The van der Waals surface area contributed by atoms with E-state index in [1.807, 2.05) is 6.92 Å². The van der Waals surface area contributed by atoms with Gasteiger partial charge in [-0.2, -0.15) is 0 Å². The van der Waals surface area contributed by atoms with Crippen LogP contribution >= 0.6 is 0 Å². The number of nitrogens with one attached hydrogen (secondary N) is 1. The summed E-state index contributed by atoms with van der Waals surface area (Å²) in [6.07, 6.45) is 6.92. The van der Waals surface area contributed by atoms with Crippen LogP contribution in [0.15, 0.2) is 0 Å². The molecule has 0 aliphatic rings. The summed E-state index contributed by atoms with van der Waals surface area (Å²) in [5.41, 5.74) is 0. The molecular weight excluding hydrogens is 142 g/mol. The van der Waals surface area contributed by atoms with Crippen LogP contribution in [0.2, 0.25) is 0 Å². The Morgan fingerprint density at radius 2 is 2.45 bits per heavy atom. The first-order valence-electron chi connectivity index (χ1n) is 3.62. The molecule has 1 atom stereocenters. The van der Waals surface area contributed by atoms with E-state index in [0.29, 0.717) is 0 Å². The summed E-state index contributed by atoms with van der Waals surface area (Å²) in [5, 5.41) is 11.0. The Morgan fingerprint density at radius 1 is 1.82 bits per heavy atom. The molecule has 1 unspecified atom stereocenters. The second-order valence-corrected chi connectivity index (χ2v) is 2.28. The SMILES string of the molecule is C#CC(CCC)NCC(=O)O. The zero-order chi connectivity index (χ0) is 8.69. The molecule has 62 valence electrons. The zero-order valence-corrected chi connectivity index (χ0v) is 6.63. The Labute approximate surface area is 66.8 Å². The molecule has 0 aromatic heterocycles. The van der Waals surface area contributed by atoms with Gasteiger partial charge in [-0.1, -0.05) is 19.3 Å². The highest BCUT2D eigenvalue weighted by molar-refractivity contribution is 5.69. The van der Waals surface area contributed by atoms with Crippen molar-refractivity contribution in [3.63, 3.8) is 0 Å². The van der Waals surface area contributed by atoms with E-state index in [2.05, 4.69) is 11.2 Å². The lowest BCUT2D eigenvalue weighted by atomic mass is 10.2. The standard InChI is InChI=1S/C8H13NO2/c1-3-5-7(4-2)9-6-8(10)11/h2,7,9H,3,5-6H2,1H3,(H,10,11). The minimum Gasteiger partial charge on any atom is -0.480 e. The van der Waals surface area contributed by atoms with Gasteiger partial charge >= 0.3 is 5.97 Å². The first-order valence-corrected chi connectivity index (χ1v) is 3.62. The first kappa shape index (κ1) is 9.99. The van der Waals surface area contributed by atoms with Gasteiger partial charge in [0.25, 0.3) is 0 Å². The first-order chi connectivity index (χ1) is 5.20. The van der Waals surface area contributed by atoms with Crippen molar-refractivity contribution >= 4 is 5.97 Å². The molecule has 0 radical (unpaired) electrons. The fourth-order valence-corrected chi connectivity index (χ4v) is 0.744. The van der Waals surface area contributed by atoms with Crippen LogP contribution in [0.1, 0.15) is 19.8 Å². The van der Waals surface area contributed by atoms with Gasteiger partial charge in [-0.05, 0) is 6.42 Å².